The van der Waals surface area contributed by atoms with Gasteiger partial charge in [-0.3, -0.25) is 0 Å². The largest absolute Gasteiger partial charge is 0.386 e. The summed E-state index contributed by atoms with van der Waals surface area (Å²) >= 11 is 0. The molecule has 4 nitrogen and oxygen atoms in total. The van der Waals surface area contributed by atoms with E-state index in [0.717, 1.165) is 32.0 Å². The van der Waals surface area contributed by atoms with Gasteiger partial charge in [0, 0.05) is 32.4 Å². The van der Waals surface area contributed by atoms with Crippen LogP contribution >= 0.6 is 0 Å². The van der Waals surface area contributed by atoms with Gasteiger partial charge in [0.2, 0.25) is 0 Å². The van der Waals surface area contributed by atoms with Crippen LogP contribution in [0.3, 0.4) is 0 Å². The van der Waals surface area contributed by atoms with E-state index in [1.54, 1.807) is 0 Å². The monoisotopic (exact) mass is 140 g/mol. The highest BCUT2D eigenvalue weighted by atomic mass is 15.5. The van der Waals surface area contributed by atoms with E-state index >= 15 is 0 Å². The van der Waals surface area contributed by atoms with Crippen molar-refractivity contribution in [3.63, 3.8) is 0 Å². The van der Waals surface area contributed by atoms with Crippen molar-refractivity contribution in [2.75, 3.05) is 26.2 Å². The Labute approximate surface area is 60.2 Å². The highest BCUT2D eigenvalue weighted by molar-refractivity contribution is 5.02. The maximum Gasteiger partial charge on any atom is 0.132 e. The second-order valence-electron chi connectivity index (χ2n) is 2.52. The molecule has 0 unspecified atom stereocenters. The predicted octanol–water partition coefficient (Wildman–Crippen LogP) is -1.20. The van der Waals surface area contributed by atoms with Gasteiger partial charge in [0.05, 0.1) is 0 Å². The van der Waals surface area contributed by atoms with E-state index in [4.69, 9.17) is 0 Å². The zero-order valence-corrected chi connectivity index (χ0v) is 5.85. The van der Waals surface area contributed by atoms with E-state index in [0.29, 0.717) is 0 Å². The minimum Gasteiger partial charge on any atom is -0.386 e. The Bertz CT molecular complexity index is 154. The topological polar surface area (TPSA) is 39.3 Å². The average Bonchev–Trinajstić information content (AvgIpc) is 2.05. The van der Waals surface area contributed by atoms with Crippen molar-refractivity contribution in [3.05, 3.63) is 12.0 Å². The molecule has 1 fully saturated rings. The Balaban J connectivity index is 2.08. The molecule has 10 heavy (non-hydrogen) atoms. The molecular formula is C6H12N4. The first-order valence-electron chi connectivity index (χ1n) is 3.64. The second kappa shape index (κ2) is 2.38. The molecule has 4 heteroatoms. The normalized spacial score (nSPS) is 24.0. The molecule has 2 heterocycles. The molecule has 0 saturated carbocycles. The molecule has 2 aliphatic heterocycles. The summed E-state index contributed by atoms with van der Waals surface area (Å²) in [6.45, 7) is 4.31. The van der Waals surface area contributed by atoms with E-state index in [1.807, 2.05) is 6.20 Å². The summed E-state index contributed by atoms with van der Waals surface area (Å²) in [6.07, 6.45) is 2.01. The van der Waals surface area contributed by atoms with Gasteiger partial charge in [-0.2, -0.15) is 0 Å². The summed E-state index contributed by atoms with van der Waals surface area (Å²) in [4.78, 5) is 2.33. The first-order valence-corrected chi connectivity index (χ1v) is 3.64. The standard InChI is InChI=1S/C6H12N4/c1-3-10-4-2-8-9-6(10)5-7-1/h5,7-9H,1-4H2. The molecule has 0 aromatic carbocycles. The predicted molar refractivity (Wildman–Crippen MR) is 38.8 cm³/mol. The zero-order valence-electron chi connectivity index (χ0n) is 5.85. The SMILES string of the molecule is C1=C2NNCCN2CCN1. The second-order valence-corrected chi connectivity index (χ2v) is 2.52. The molecule has 0 aromatic heterocycles. The minimum absolute atomic E-state index is 1.03. The summed E-state index contributed by atoms with van der Waals surface area (Å²) in [5.74, 6) is 1.16. The quantitative estimate of drug-likeness (QED) is 0.395. The van der Waals surface area contributed by atoms with E-state index in [1.165, 1.54) is 0 Å². The number of hydrazine groups is 1. The molecule has 1 saturated heterocycles. The number of hydrogen-bond donors (Lipinski definition) is 3. The number of nitrogens with zero attached hydrogens (tertiary/aromatic N) is 1. The first-order chi connectivity index (χ1) is 4.97. The molecule has 2 rings (SSSR count). The summed E-state index contributed by atoms with van der Waals surface area (Å²) in [5, 5.41) is 3.18. The van der Waals surface area contributed by atoms with Gasteiger partial charge in [-0.25, -0.2) is 5.43 Å². The van der Waals surface area contributed by atoms with Gasteiger partial charge in [-0.15, -0.1) is 0 Å². The maximum absolute atomic E-state index is 3.18. The van der Waals surface area contributed by atoms with Crippen molar-refractivity contribution in [2.24, 2.45) is 0 Å². The Hall–Kier alpha value is -0.900. The third-order valence-electron chi connectivity index (χ3n) is 1.83. The van der Waals surface area contributed by atoms with Crippen molar-refractivity contribution < 1.29 is 0 Å². The van der Waals surface area contributed by atoms with Crippen LogP contribution in [-0.2, 0) is 0 Å². The highest BCUT2D eigenvalue weighted by Gasteiger charge is 2.15. The van der Waals surface area contributed by atoms with Crippen LogP contribution in [0.25, 0.3) is 0 Å². The molecule has 0 aromatic rings. The van der Waals surface area contributed by atoms with Gasteiger partial charge >= 0.3 is 0 Å². The lowest BCUT2D eigenvalue weighted by atomic mass is 10.4. The summed E-state index contributed by atoms with van der Waals surface area (Å²) in [7, 11) is 0. The van der Waals surface area contributed by atoms with Gasteiger partial charge in [-0.1, -0.05) is 0 Å². The van der Waals surface area contributed by atoms with Gasteiger partial charge in [-0.05, 0) is 0 Å². The highest BCUT2D eigenvalue weighted by Crippen LogP contribution is 2.03. The van der Waals surface area contributed by atoms with Crippen molar-refractivity contribution in [1.29, 1.82) is 0 Å². The lowest BCUT2D eigenvalue weighted by Crippen LogP contribution is -2.53. The van der Waals surface area contributed by atoms with Crippen LogP contribution in [0.1, 0.15) is 0 Å². The van der Waals surface area contributed by atoms with E-state index in [9.17, 15) is 0 Å². The Kier molecular flexibility index (Phi) is 1.39. The van der Waals surface area contributed by atoms with Crippen molar-refractivity contribution >= 4 is 0 Å². The van der Waals surface area contributed by atoms with E-state index < -0.39 is 0 Å². The number of nitrogens with one attached hydrogen (secondary N) is 3. The van der Waals surface area contributed by atoms with Crippen molar-refractivity contribution in [1.82, 2.24) is 21.1 Å². The number of hydrogen-bond acceptors (Lipinski definition) is 4. The summed E-state index contributed by atoms with van der Waals surface area (Å²) < 4.78 is 0. The van der Waals surface area contributed by atoms with Crippen LogP contribution in [-0.4, -0.2) is 31.1 Å². The average molecular weight is 140 g/mol. The molecule has 0 aliphatic carbocycles. The van der Waals surface area contributed by atoms with Crippen LogP contribution in [0, 0.1) is 0 Å². The maximum atomic E-state index is 3.18. The van der Waals surface area contributed by atoms with Crippen LogP contribution in [0.15, 0.2) is 12.0 Å². The van der Waals surface area contributed by atoms with Gasteiger partial charge < -0.3 is 15.6 Å². The number of rotatable bonds is 0. The van der Waals surface area contributed by atoms with Crippen molar-refractivity contribution in [2.45, 2.75) is 0 Å². The van der Waals surface area contributed by atoms with E-state index in [2.05, 4.69) is 21.1 Å². The molecule has 0 atom stereocenters. The smallest absolute Gasteiger partial charge is 0.132 e. The van der Waals surface area contributed by atoms with Crippen LogP contribution in [0.2, 0.25) is 0 Å². The van der Waals surface area contributed by atoms with Gasteiger partial charge in [0.15, 0.2) is 0 Å². The fourth-order valence-electron chi connectivity index (χ4n) is 1.27. The van der Waals surface area contributed by atoms with E-state index in [-0.39, 0.29) is 0 Å². The van der Waals surface area contributed by atoms with Crippen LogP contribution in [0.4, 0.5) is 0 Å². The zero-order chi connectivity index (χ0) is 6.81. The van der Waals surface area contributed by atoms with Crippen LogP contribution in [0.5, 0.6) is 0 Å². The lowest BCUT2D eigenvalue weighted by molar-refractivity contribution is 0.247. The first kappa shape index (κ1) is 5.85. The molecule has 0 spiro atoms. The van der Waals surface area contributed by atoms with Crippen molar-refractivity contribution in [3.8, 4) is 0 Å². The van der Waals surface area contributed by atoms with Gasteiger partial charge in [0.25, 0.3) is 0 Å². The Morgan fingerprint density at radius 3 is 3.10 bits per heavy atom. The van der Waals surface area contributed by atoms with Crippen LogP contribution < -0.4 is 16.2 Å². The minimum atomic E-state index is 1.03. The molecule has 2 aliphatic rings. The lowest BCUT2D eigenvalue weighted by Gasteiger charge is -2.35. The fraction of sp³-hybridized carbons (Fsp3) is 0.667. The third-order valence-corrected chi connectivity index (χ3v) is 1.83. The fourth-order valence-corrected chi connectivity index (χ4v) is 1.27. The molecule has 0 amide bonds. The summed E-state index contributed by atoms with van der Waals surface area (Å²) in [5.41, 5.74) is 6.18. The Morgan fingerprint density at radius 2 is 2.20 bits per heavy atom. The molecule has 3 N–H and O–H groups in total. The summed E-state index contributed by atoms with van der Waals surface area (Å²) in [6, 6.07) is 0. The van der Waals surface area contributed by atoms with Gasteiger partial charge in [0.1, 0.15) is 5.82 Å². The number of fused-ring (bicyclic) bond motifs is 1. The molecule has 0 radical (unpaired) electrons. The third kappa shape index (κ3) is 0.903. The molecular weight excluding hydrogens is 128 g/mol. The molecule has 0 bridgehead atoms. The Morgan fingerprint density at radius 1 is 1.30 bits per heavy atom. The molecule has 56 valence electrons.